The molecule has 1 N–H and O–H groups in total. The fourth-order valence-electron chi connectivity index (χ4n) is 3.59. The molecule has 1 saturated carbocycles. The predicted octanol–water partition coefficient (Wildman–Crippen LogP) is 3.37. The lowest BCUT2D eigenvalue weighted by Gasteiger charge is -2.22. The van der Waals surface area contributed by atoms with Crippen molar-refractivity contribution in [1.82, 2.24) is 15.3 Å². The van der Waals surface area contributed by atoms with Crippen LogP contribution < -0.4 is 5.32 Å². The number of hydrogen-bond donors (Lipinski definition) is 1. The van der Waals surface area contributed by atoms with Crippen LogP contribution in [0.25, 0.3) is 10.7 Å². The Bertz CT molecular complexity index is 692. The van der Waals surface area contributed by atoms with Crippen molar-refractivity contribution < 1.29 is 4.79 Å². The molecular formula is C18H21N3OS. The second-order valence-electron chi connectivity index (χ2n) is 6.53. The summed E-state index contributed by atoms with van der Waals surface area (Å²) in [5.41, 5.74) is 2.10. The van der Waals surface area contributed by atoms with E-state index in [1.807, 2.05) is 18.2 Å². The fourth-order valence-corrected chi connectivity index (χ4v) is 4.75. The third-order valence-corrected chi connectivity index (χ3v) is 6.04. The first-order valence-electron chi connectivity index (χ1n) is 8.50. The molecule has 0 aromatic carbocycles. The highest BCUT2D eigenvalue weighted by molar-refractivity contribution is 7.15. The molecule has 1 unspecified atom stereocenters. The summed E-state index contributed by atoms with van der Waals surface area (Å²) in [6.07, 6.45) is 9.25. The first-order valence-corrected chi connectivity index (χ1v) is 9.31. The number of carbonyl (C=O) groups excluding carboxylic acids is 1. The summed E-state index contributed by atoms with van der Waals surface area (Å²) in [7, 11) is 0. The van der Waals surface area contributed by atoms with Gasteiger partial charge in [0.25, 0.3) is 0 Å². The van der Waals surface area contributed by atoms with Gasteiger partial charge >= 0.3 is 0 Å². The Morgan fingerprint density at radius 2 is 2.09 bits per heavy atom. The maximum atomic E-state index is 12.5. The van der Waals surface area contributed by atoms with Crippen LogP contribution in [0.15, 0.2) is 24.4 Å². The van der Waals surface area contributed by atoms with Crippen LogP contribution in [-0.4, -0.2) is 21.9 Å². The van der Waals surface area contributed by atoms with Gasteiger partial charge in [-0.2, -0.15) is 0 Å². The molecule has 0 saturated heterocycles. The predicted molar refractivity (Wildman–Crippen MR) is 91.3 cm³/mol. The minimum Gasteiger partial charge on any atom is -0.353 e. The molecule has 0 radical (unpaired) electrons. The van der Waals surface area contributed by atoms with Crippen molar-refractivity contribution in [3.63, 3.8) is 0 Å². The quantitative estimate of drug-likeness (QED) is 0.940. The number of rotatable bonds is 3. The molecule has 5 heteroatoms. The first-order chi connectivity index (χ1) is 11.3. The average molecular weight is 327 g/mol. The highest BCUT2D eigenvalue weighted by atomic mass is 32.1. The van der Waals surface area contributed by atoms with Crippen molar-refractivity contribution in [2.24, 2.45) is 5.92 Å². The van der Waals surface area contributed by atoms with E-state index in [4.69, 9.17) is 4.98 Å². The molecule has 2 aromatic rings. The molecule has 23 heavy (non-hydrogen) atoms. The molecule has 1 fully saturated rings. The fraction of sp³-hybridized carbons (Fsp3) is 0.500. The summed E-state index contributed by atoms with van der Waals surface area (Å²) in [5, 5.41) is 4.23. The average Bonchev–Trinajstić information content (AvgIpc) is 3.24. The number of thiazole rings is 1. The second kappa shape index (κ2) is 6.40. The van der Waals surface area contributed by atoms with Gasteiger partial charge in [-0.3, -0.25) is 9.78 Å². The lowest BCUT2D eigenvalue weighted by atomic mass is 9.90. The molecule has 120 valence electrons. The van der Waals surface area contributed by atoms with Crippen molar-refractivity contribution in [3.8, 4) is 10.7 Å². The third kappa shape index (κ3) is 3.15. The van der Waals surface area contributed by atoms with Crippen LogP contribution in [0.5, 0.6) is 0 Å². The number of nitrogens with zero attached hydrogens (tertiary/aromatic N) is 2. The van der Waals surface area contributed by atoms with E-state index < -0.39 is 0 Å². The van der Waals surface area contributed by atoms with Crippen LogP contribution >= 0.6 is 11.3 Å². The van der Waals surface area contributed by atoms with E-state index in [2.05, 4.69) is 10.3 Å². The highest BCUT2D eigenvalue weighted by Gasteiger charge is 2.29. The van der Waals surface area contributed by atoms with Crippen LogP contribution in [0.4, 0.5) is 0 Å². The Morgan fingerprint density at radius 1 is 1.22 bits per heavy atom. The summed E-state index contributed by atoms with van der Waals surface area (Å²) >= 11 is 1.70. The minimum absolute atomic E-state index is 0.111. The second-order valence-corrected chi connectivity index (χ2v) is 7.62. The van der Waals surface area contributed by atoms with E-state index in [0.29, 0.717) is 6.04 Å². The number of pyridine rings is 1. The van der Waals surface area contributed by atoms with Gasteiger partial charge in [-0.1, -0.05) is 18.9 Å². The summed E-state index contributed by atoms with van der Waals surface area (Å²) in [6.45, 7) is 0. The molecule has 1 amide bonds. The zero-order valence-corrected chi connectivity index (χ0v) is 13.9. The Balaban J connectivity index is 1.46. The highest BCUT2D eigenvalue weighted by Crippen LogP contribution is 2.34. The molecule has 4 rings (SSSR count). The Kier molecular flexibility index (Phi) is 4.12. The van der Waals surface area contributed by atoms with Crippen LogP contribution in [0, 0.1) is 5.92 Å². The maximum Gasteiger partial charge on any atom is 0.223 e. The number of fused-ring (bicyclic) bond motifs is 1. The zero-order valence-electron chi connectivity index (χ0n) is 13.1. The molecule has 0 bridgehead atoms. The van der Waals surface area contributed by atoms with Gasteiger partial charge in [0.2, 0.25) is 5.91 Å². The van der Waals surface area contributed by atoms with E-state index in [0.717, 1.165) is 42.8 Å². The lowest BCUT2D eigenvalue weighted by molar-refractivity contribution is -0.126. The minimum atomic E-state index is 0.111. The smallest absolute Gasteiger partial charge is 0.223 e. The molecule has 2 heterocycles. The summed E-state index contributed by atoms with van der Waals surface area (Å²) in [5.74, 6) is 0.357. The van der Waals surface area contributed by atoms with Gasteiger partial charge in [0.05, 0.1) is 11.4 Å². The van der Waals surface area contributed by atoms with E-state index in [9.17, 15) is 4.79 Å². The molecule has 0 spiro atoms. The number of amides is 1. The van der Waals surface area contributed by atoms with Crippen molar-refractivity contribution in [2.75, 3.05) is 0 Å². The summed E-state index contributed by atoms with van der Waals surface area (Å²) < 4.78 is 0. The zero-order chi connectivity index (χ0) is 15.6. The van der Waals surface area contributed by atoms with E-state index in [1.165, 1.54) is 23.4 Å². The number of aryl methyl sites for hydroxylation is 1. The topological polar surface area (TPSA) is 54.9 Å². The molecule has 4 nitrogen and oxygen atoms in total. The number of aromatic nitrogens is 2. The van der Waals surface area contributed by atoms with Gasteiger partial charge in [-0.05, 0) is 44.2 Å². The van der Waals surface area contributed by atoms with Crippen molar-refractivity contribution in [2.45, 2.75) is 51.0 Å². The molecule has 0 aliphatic heterocycles. The van der Waals surface area contributed by atoms with Crippen LogP contribution in [0.3, 0.4) is 0 Å². The van der Waals surface area contributed by atoms with Gasteiger partial charge in [0, 0.05) is 23.0 Å². The van der Waals surface area contributed by atoms with Gasteiger partial charge < -0.3 is 5.32 Å². The number of hydrogen-bond acceptors (Lipinski definition) is 4. The van der Waals surface area contributed by atoms with E-state index >= 15 is 0 Å². The standard InChI is InChI=1S/C18H21N3OS/c22-17(20-13-5-1-2-6-13)12-8-9-14-16(11-12)23-18(21-14)15-7-3-4-10-19-15/h3-4,7,10,12-13H,1-2,5-6,8-9,11H2,(H,20,22). The first kappa shape index (κ1) is 14.8. The number of carbonyl (C=O) groups is 1. The Labute approximate surface area is 140 Å². The van der Waals surface area contributed by atoms with Gasteiger partial charge in [-0.25, -0.2) is 4.98 Å². The largest absolute Gasteiger partial charge is 0.353 e. The third-order valence-electron chi connectivity index (χ3n) is 4.90. The van der Waals surface area contributed by atoms with Crippen LogP contribution in [0.1, 0.15) is 42.7 Å². The SMILES string of the molecule is O=C(NC1CCCC1)C1CCc2nc(-c3ccccn3)sc2C1. The molecule has 2 aromatic heterocycles. The van der Waals surface area contributed by atoms with Gasteiger partial charge in [0.1, 0.15) is 5.01 Å². The van der Waals surface area contributed by atoms with Crippen molar-refractivity contribution in [3.05, 3.63) is 35.0 Å². The maximum absolute atomic E-state index is 12.5. The molecule has 2 aliphatic rings. The normalized spacial score (nSPS) is 21.1. The van der Waals surface area contributed by atoms with Gasteiger partial charge in [-0.15, -0.1) is 11.3 Å². The van der Waals surface area contributed by atoms with E-state index in [-0.39, 0.29) is 11.8 Å². The summed E-state index contributed by atoms with van der Waals surface area (Å²) in [4.78, 5) is 22.9. The van der Waals surface area contributed by atoms with E-state index in [1.54, 1.807) is 17.5 Å². The van der Waals surface area contributed by atoms with Gasteiger partial charge in [0.15, 0.2) is 0 Å². The van der Waals surface area contributed by atoms with Crippen LogP contribution in [0.2, 0.25) is 0 Å². The Morgan fingerprint density at radius 3 is 2.87 bits per heavy atom. The summed E-state index contributed by atoms with van der Waals surface area (Å²) in [6, 6.07) is 6.31. The monoisotopic (exact) mass is 327 g/mol. The van der Waals surface area contributed by atoms with Crippen LogP contribution in [-0.2, 0) is 17.6 Å². The van der Waals surface area contributed by atoms with Crippen molar-refractivity contribution in [1.29, 1.82) is 0 Å². The number of nitrogens with one attached hydrogen (secondary N) is 1. The Hall–Kier alpha value is -1.75. The molecule has 2 aliphatic carbocycles. The lowest BCUT2D eigenvalue weighted by Crippen LogP contribution is -2.39. The molecular weight excluding hydrogens is 306 g/mol. The molecule has 1 atom stereocenters. The van der Waals surface area contributed by atoms with Crippen molar-refractivity contribution >= 4 is 17.2 Å².